The van der Waals surface area contributed by atoms with Gasteiger partial charge < -0.3 is 42.9 Å². The van der Waals surface area contributed by atoms with Gasteiger partial charge in [0.2, 0.25) is 11.8 Å². The largest absolute Gasteiger partial charge is 0.480 e. The van der Waals surface area contributed by atoms with Gasteiger partial charge in [0, 0.05) is 42.0 Å². The highest BCUT2D eigenvalue weighted by molar-refractivity contribution is 5.92. The molecule has 0 aliphatic rings. The Labute approximate surface area is 206 Å². The quantitative estimate of drug-likeness (QED) is 0.0836. The number of carboxylic acid groups (broad SMARTS) is 1. The molecule has 2 amide bonds. The number of aromatic nitrogens is 3. The molecule has 13 nitrogen and oxygen atoms in total. The van der Waals surface area contributed by atoms with Crippen molar-refractivity contribution in [2.45, 2.75) is 43.8 Å². The molecule has 36 heavy (non-hydrogen) atoms. The molecule has 3 atom stereocenters. The minimum atomic E-state index is -1.21. The number of carboxylic acids is 1. The van der Waals surface area contributed by atoms with Gasteiger partial charge in [-0.2, -0.15) is 0 Å². The van der Waals surface area contributed by atoms with E-state index in [0.29, 0.717) is 12.1 Å². The SMILES string of the molecule is NC(N)=NCCC[C@H](NC(=O)[C@H](Cc1cnc[nH]1)NC(=O)[C@@H](N)Cc1c[nH]c2ccccc12)C(=O)O. The first-order chi connectivity index (χ1) is 17.2. The number of rotatable bonds is 13. The highest BCUT2D eigenvalue weighted by Crippen LogP contribution is 2.18. The van der Waals surface area contributed by atoms with Gasteiger partial charge in [-0.3, -0.25) is 14.6 Å². The molecule has 192 valence electrons. The van der Waals surface area contributed by atoms with Crippen molar-refractivity contribution >= 4 is 34.6 Å². The molecule has 3 rings (SSSR count). The van der Waals surface area contributed by atoms with Crippen LogP contribution in [0.4, 0.5) is 0 Å². The topological polar surface area (TPSA) is 230 Å². The number of para-hydroxylation sites is 1. The second-order valence-electron chi connectivity index (χ2n) is 8.36. The lowest BCUT2D eigenvalue weighted by atomic mass is 10.0. The van der Waals surface area contributed by atoms with Crippen LogP contribution in [0.5, 0.6) is 0 Å². The Bertz CT molecular complexity index is 1200. The number of nitrogens with two attached hydrogens (primary N) is 3. The first-order valence-corrected chi connectivity index (χ1v) is 11.4. The number of nitrogens with one attached hydrogen (secondary N) is 4. The van der Waals surface area contributed by atoms with E-state index in [1.807, 2.05) is 24.3 Å². The normalized spacial score (nSPS) is 13.5. The zero-order valence-electron chi connectivity index (χ0n) is 19.6. The highest BCUT2D eigenvalue weighted by atomic mass is 16.4. The van der Waals surface area contributed by atoms with Crippen molar-refractivity contribution < 1.29 is 19.5 Å². The summed E-state index contributed by atoms with van der Waals surface area (Å²) in [7, 11) is 0. The summed E-state index contributed by atoms with van der Waals surface area (Å²) in [6, 6.07) is 4.45. The van der Waals surface area contributed by atoms with Crippen LogP contribution < -0.4 is 27.8 Å². The molecule has 0 bridgehead atoms. The van der Waals surface area contributed by atoms with E-state index in [0.717, 1.165) is 16.5 Å². The molecule has 1 aromatic carbocycles. The second kappa shape index (κ2) is 12.4. The molecule has 0 spiro atoms. The fourth-order valence-electron chi connectivity index (χ4n) is 3.77. The number of fused-ring (bicyclic) bond motifs is 1. The van der Waals surface area contributed by atoms with Crippen LogP contribution in [0.3, 0.4) is 0 Å². The van der Waals surface area contributed by atoms with Crippen LogP contribution in [0, 0.1) is 0 Å². The Morgan fingerprint density at radius 3 is 2.50 bits per heavy atom. The summed E-state index contributed by atoms with van der Waals surface area (Å²) in [5.74, 6) is -2.51. The number of nitrogens with zero attached hydrogens (tertiary/aromatic N) is 2. The van der Waals surface area contributed by atoms with Gasteiger partial charge in [0.25, 0.3) is 0 Å². The number of H-pyrrole nitrogens is 2. The number of aliphatic carboxylic acids is 1. The van der Waals surface area contributed by atoms with Crippen molar-refractivity contribution in [2.75, 3.05) is 6.54 Å². The average Bonchev–Trinajstić information content (AvgIpc) is 3.50. The molecule has 13 heteroatoms. The highest BCUT2D eigenvalue weighted by Gasteiger charge is 2.28. The van der Waals surface area contributed by atoms with Crippen molar-refractivity contribution in [3.63, 3.8) is 0 Å². The van der Waals surface area contributed by atoms with Crippen LogP contribution in [0.1, 0.15) is 24.1 Å². The minimum Gasteiger partial charge on any atom is -0.480 e. The van der Waals surface area contributed by atoms with Crippen LogP contribution in [0.25, 0.3) is 10.9 Å². The maximum absolute atomic E-state index is 13.0. The number of imidazole rings is 1. The van der Waals surface area contributed by atoms with Crippen LogP contribution in [-0.2, 0) is 27.2 Å². The molecular weight excluding hydrogens is 466 g/mol. The van der Waals surface area contributed by atoms with Gasteiger partial charge in [0.05, 0.1) is 12.4 Å². The number of carbonyl (C=O) groups is 3. The van der Waals surface area contributed by atoms with E-state index < -0.39 is 35.9 Å². The van der Waals surface area contributed by atoms with E-state index >= 15 is 0 Å². The fraction of sp³-hybridized carbons (Fsp3) is 0.348. The molecule has 0 saturated heterocycles. The van der Waals surface area contributed by atoms with Gasteiger partial charge in [-0.05, 0) is 30.9 Å². The Balaban J connectivity index is 1.67. The number of carbonyl (C=O) groups excluding carboxylic acids is 2. The summed E-state index contributed by atoms with van der Waals surface area (Å²) in [5, 5.41) is 15.6. The van der Waals surface area contributed by atoms with Crippen LogP contribution in [0.2, 0.25) is 0 Å². The lowest BCUT2D eigenvalue weighted by Crippen LogP contribution is -2.55. The summed E-state index contributed by atoms with van der Waals surface area (Å²) in [5.41, 5.74) is 19.1. The van der Waals surface area contributed by atoms with E-state index in [1.165, 1.54) is 12.5 Å². The van der Waals surface area contributed by atoms with E-state index in [1.54, 1.807) is 6.20 Å². The number of guanidine groups is 1. The van der Waals surface area contributed by atoms with Gasteiger partial charge in [-0.25, -0.2) is 9.78 Å². The molecule has 3 aromatic rings. The summed E-state index contributed by atoms with van der Waals surface area (Å²) in [6.45, 7) is 0.221. The number of benzene rings is 1. The van der Waals surface area contributed by atoms with Crippen molar-refractivity contribution in [3.05, 3.63) is 54.2 Å². The maximum atomic E-state index is 13.0. The molecule has 2 aromatic heterocycles. The van der Waals surface area contributed by atoms with Gasteiger partial charge in [0.1, 0.15) is 12.1 Å². The smallest absolute Gasteiger partial charge is 0.326 e. The van der Waals surface area contributed by atoms with E-state index in [4.69, 9.17) is 17.2 Å². The van der Waals surface area contributed by atoms with Gasteiger partial charge in [0.15, 0.2) is 5.96 Å². The first-order valence-electron chi connectivity index (χ1n) is 11.4. The fourth-order valence-corrected chi connectivity index (χ4v) is 3.77. The molecule has 0 fully saturated rings. The number of aliphatic imine (C=N–C) groups is 1. The number of amides is 2. The molecule has 0 unspecified atom stereocenters. The first kappa shape index (κ1) is 26.2. The van der Waals surface area contributed by atoms with Crippen LogP contribution >= 0.6 is 0 Å². The van der Waals surface area contributed by atoms with Gasteiger partial charge in [-0.15, -0.1) is 0 Å². The number of aromatic amines is 2. The Morgan fingerprint density at radius 1 is 1.06 bits per heavy atom. The molecule has 0 aliphatic carbocycles. The Kier molecular flexibility index (Phi) is 9.00. The monoisotopic (exact) mass is 497 g/mol. The summed E-state index contributed by atoms with van der Waals surface area (Å²) in [4.78, 5) is 51.4. The molecule has 11 N–H and O–H groups in total. The van der Waals surface area contributed by atoms with Gasteiger partial charge >= 0.3 is 5.97 Å². The molecular formula is C23H31N9O4. The third kappa shape index (κ3) is 7.30. The predicted octanol–water partition coefficient (Wildman–Crippen LogP) is -0.889. The maximum Gasteiger partial charge on any atom is 0.326 e. The standard InChI is InChI=1S/C23H31N9O4/c24-16(8-13-10-29-17-5-2-1-4-15(13)17)20(33)32-19(9-14-11-27-12-30-14)21(34)31-18(22(35)36)6-3-7-28-23(25)26/h1-2,4-5,10-12,16,18-19,29H,3,6-9,24H2,(H,27,30)(H,31,34)(H,32,33)(H,35,36)(H4,25,26,28)/t16-,18-,19-/m0/s1. The van der Waals surface area contributed by atoms with E-state index in [9.17, 15) is 19.5 Å². The van der Waals surface area contributed by atoms with E-state index in [2.05, 4.69) is 30.6 Å². The van der Waals surface area contributed by atoms with Crippen LogP contribution in [-0.4, -0.2) is 68.5 Å². The Morgan fingerprint density at radius 2 is 1.81 bits per heavy atom. The van der Waals surface area contributed by atoms with Gasteiger partial charge in [-0.1, -0.05) is 18.2 Å². The average molecular weight is 498 g/mol. The second-order valence-corrected chi connectivity index (χ2v) is 8.36. The zero-order valence-corrected chi connectivity index (χ0v) is 19.6. The number of hydrogen-bond donors (Lipinski definition) is 8. The van der Waals surface area contributed by atoms with Crippen molar-refractivity contribution in [1.29, 1.82) is 0 Å². The van der Waals surface area contributed by atoms with Crippen molar-refractivity contribution in [2.24, 2.45) is 22.2 Å². The van der Waals surface area contributed by atoms with Crippen molar-refractivity contribution in [3.8, 4) is 0 Å². The minimum absolute atomic E-state index is 0.0672. The third-order valence-electron chi connectivity index (χ3n) is 5.62. The Hall–Kier alpha value is -4.39. The lowest BCUT2D eigenvalue weighted by molar-refractivity contribution is -0.142. The van der Waals surface area contributed by atoms with Crippen LogP contribution in [0.15, 0.2) is 48.0 Å². The lowest BCUT2D eigenvalue weighted by Gasteiger charge is -2.22. The van der Waals surface area contributed by atoms with E-state index in [-0.39, 0.29) is 31.8 Å². The molecule has 0 radical (unpaired) electrons. The summed E-state index contributed by atoms with van der Waals surface area (Å²) in [6.07, 6.45) is 5.51. The molecule has 0 aliphatic heterocycles. The molecule has 2 heterocycles. The summed E-state index contributed by atoms with van der Waals surface area (Å²) >= 11 is 0. The zero-order chi connectivity index (χ0) is 26.1. The number of hydrogen-bond acceptors (Lipinski definition) is 6. The predicted molar refractivity (Wildman–Crippen MR) is 134 cm³/mol. The molecule has 0 saturated carbocycles. The van der Waals surface area contributed by atoms with Crippen molar-refractivity contribution in [1.82, 2.24) is 25.6 Å². The third-order valence-corrected chi connectivity index (χ3v) is 5.62. The summed E-state index contributed by atoms with van der Waals surface area (Å²) < 4.78 is 0.